The standard InChI is InChI=1S/C8H12N2O3.C2H4/c1-4-2-5(7(11)12)8(10,13)3-6(4)9;1-2/h2-3,5,13H,9-10H2,1H3,(H,11,12);1-2H2. The zero-order valence-electron chi connectivity index (χ0n) is 8.60. The van der Waals surface area contributed by atoms with Crippen LogP contribution in [-0.4, -0.2) is 21.9 Å². The molecule has 2 unspecified atom stereocenters. The summed E-state index contributed by atoms with van der Waals surface area (Å²) in [5.41, 5.74) is 9.85. The van der Waals surface area contributed by atoms with E-state index in [9.17, 15) is 9.90 Å². The van der Waals surface area contributed by atoms with Crippen molar-refractivity contribution in [3.63, 3.8) is 0 Å². The lowest BCUT2D eigenvalue weighted by atomic mass is 9.87. The molecule has 0 radical (unpaired) electrons. The van der Waals surface area contributed by atoms with Gasteiger partial charge in [-0.3, -0.25) is 10.5 Å². The van der Waals surface area contributed by atoms with Crippen molar-refractivity contribution in [1.82, 2.24) is 0 Å². The van der Waals surface area contributed by atoms with Crippen LogP contribution >= 0.6 is 0 Å². The average molecular weight is 212 g/mol. The molecule has 0 aromatic heterocycles. The maximum Gasteiger partial charge on any atom is 0.315 e. The Morgan fingerprint density at radius 2 is 2.07 bits per heavy atom. The Balaban J connectivity index is 0.000000921. The highest BCUT2D eigenvalue weighted by atomic mass is 16.4. The van der Waals surface area contributed by atoms with Gasteiger partial charge in [0.2, 0.25) is 0 Å². The quantitative estimate of drug-likeness (QED) is 0.359. The number of hydrogen-bond donors (Lipinski definition) is 4. The summed E-state index contributed by atoms with van der Waals surface area (Å²) in [5, 5.41) is 18.2. The Morgan fingerprint density at radius 1 is 1.60 bits per heavy atom. The molecule has 1 aliphatic carbocycles. The second kappa shape index (κ2) is 4.77. The number of carboxylic acid groups (broad SMARTS) is 1. The molecular formula is C10H16N2O3. The summed E-state index contributed by atoms with van der Waals surface area (Å²) in [7, 11) is 0. The molecule has 6 N–H and O–H groups in total. The molecule has 0 amide bonds. The first-order valence-electron chi connectivity index (χ1n) is 4.26. The molecule has 0 aromatic carbocycles. The number of aliphatic hydroxyl groups is 1. The number of aliphatic carboxylic acids is 1. The molecule has 0 bridgehead atoms. The minimum Gasteiger partial charge on any atom is -0.481 e. The molecule has 0 heterocycles. The van der Waals surface area contributed by atoms with E-state index in [-0.39, 0.29) is 0 Å². The van der Waals surface area contributed by atoms with Crippen LogP contribution in [0.3, 0.4) is 0 Å². The van der Waals surface area contributed by atoms with Crippen molar-refractivity contribution in [3.8, 4) is 0 Å². The molecule has 1 aliphatic rings. The average Bonchev–Trinajstić information content (AvgIpc) is 2.13. The number of hydrogen-bond acceptors (Lipinski definition) is 4. The molecule has 1 rings (SSSR count). The highest BCUT2D eigenvalue weighted by molar-refractivity contribution is 5.75. The summed E-state index contributed by atoms with van der Waals surface area (Å²) in [4.78, 5) is 10.7. The van der Waals surface area contributed by atoms with E-state index in [1.54, 1.807) is 6.92 Å². The molecule has 0 spiro atoms. The van der Waals surface area contributed by atoms with E-state index in [1.165, 1.54) is 6.08 Å². The molecule has 0 aliphatic heterocycles. The zero-order valence-corrected chi connectivity index (χ0v) is 8.60. The second-order valence-corrected chi connectivity index (χ2v) is 3.15. The van der Waals surface area contributed by atoms with Crippen LogP contribution in [0.25, 0.3) is 0 Å². The normalized spacial score (nSPS) is 29.4. The van der Waals surface area contributed by atoms with Crippen LogP contribution in [0.2, 0.25) is 0 Å². The molecule has 5 heteroatoms. The maximum atomic E-state index is 10.7. The minimum atomic E-state index is -1.89. The molecule has 0 aromatic rings. The van der Waals surface area contributed by atoms with Crippen molar-refractivity contribution in [3.05, 3.63) is 36.6 Å². The number of rotatable bonds is 1. The van der Waals surface area contributed by atoms with Gasteiger partial charge in [0.15, 0.2) is 5.72 Å². The SMILES string of the molecule is C=C.CC1=CC(C(=O)O)C(N)(O)C=C1N. The number of carbonyl (C=O) groups is 1. The Labute approximate surface area is 88.4 Å². The summed E-state index contributed by atoms with van der Waals surface area (Å²) in [6.45, 7) is 7.66. The predicted octanol–water partition coefficient (Wildman–Crippen LogP) is -0.0608. The smallest absolute Gasteiger partial charge is 0.315 e. The monoisotopic (exact) mass is 212 g/mol. The van der Waals surface area contributed by atoms with Gasteiger partial charge < -0.3 is 15.9 Å². The van der Waals surface area contributed by atoms with Gasteiger partial charge in [0.25, 0.3) is 0 Å². The van der Waals surface area contributed by atoms with Crippen molar-refractivity contribution in [1.29, 1.82) is 0 Å². The number of carboxylic acids is 1. The van der Waals surface area contributed by atoms with E-state index in [0.717, 1.165) is 6.08 Å². The molecular weight excluding hydrogens is 196 g/mol. The van der Waals surface area contributed by atoms with Crippen molar-refractivity contribution < 1.29 is 15.0 Å². The van der Waals surface area contributed by atoms with Crippen molar-refractivity contribution in [2.45, 2.75) is 12.6 Å². The van der Waals surface area contributed by atoms with Gasteiger partial charge in [-0.05, 0) is 18.6 Å². The van der Waals surface area contributed by atoms with Crippen LogP contribution in [-0.2, 0) is 4.79 Å². The summed E-state index contributed by atoms with van der Waals surface area (Å²) >= 11 is 0. The Kier molecular flexibility index (Phi) is 4.26. The fourth-order valence-corrected chi connectivity index (χ4v) is 1.20. The lowest BCUT2D eigenvalue weighted by Gasteiger charge is -2.29. The third-order valence-electron chi connectivity index (χ3n) is 2.02. The van der Waals surface area contributed by atoms with Gasteiger partial charge in [-0.2, -0.15) is 0 Å². The van der Waals surface area contributed by atoms with Crippen LogP contribution in [0.1, 0.15) is 6.92 Å². The molecule has 0 saturated carbocycles. The summed E-state index contributed by atoms with van der Waals surface area (Å²) in [5.74, 6) is -2.31. The van der Waals surface area contributed by atoms with E-state index in [2.05, 4.69) is 13.2 Å². The van der Waals surface area contributed by atoms with Crippen LogP contribution in [0.15, 0.2) is 36.6 Å². The van der Waals surface area contributed by atoms with Gasteiger partial charge in [0, 0.05) is 5.70 Å². The first kappa shape index (κ1) is 13.4. The first-order valence-corrected chi connectivity index (χ1v) is 4.26. The van der Waals surface area contributed by atoms with Gasteiger partial charge >= 0.3 is 5.97 Å². The van der Waals surface area contributed by atoms with E-state index in [0.29, 0.717) is 11.3 Å². The maximum absolute atomic E-state index is 10.7. The highest BCUT2D eigenvalue weighted by Gasteiger charge is 2.37. The third kappa shape index (κ3) is 2.93. The molecule has 2 atom stereocenters. The van der Waals surface area contributed by atoms with E-state index in [4.69, 9.17) is 16.6 Å². The van der Waals surface area contributed by atoms with Crippen LogP contribution in [0, 0.1) is 5.92 Å². The fraction of sp³-hybridized carbons (Fsp3) is 0.300. The topological polar surface area (TPSA) is 110 Å². The second-order valence-electron chi connectivity index (χ2n) is 3.15. The van der Waals surface area contributed by atoms with Gasteiger partial charge in [-0.15, -0.1) is 13.2 Å². The Bertz CT molecular complexity index is 319. The van der Waals surface area contributed by atoms with E-state index >= 15 is 0 Å². The van der Waals surface area contributed by atoms with Crippen molar-refractivity contribution in [2.75, 3.05) is 0 Å². The number of nitrogens with two attached hydrogens (primary N) is 2. The third-order valence-corrected chi connectivity index (χ3v) is 2.02. The van der Waals surface area contributed by atoms with Crippen molar-refractivity contribution >= 4 is 5.97 Å². The molecule has 15 heavy (non-hydrogen) atoms. The summed E-state index contributed by atoms with van der Waals surface area (Å²) in [6.07, 6.45) is 2.50. The van der Waals surface area contributed by atoms with Crippen LogP contribution in [0.5, 0.6) is 0 Å². The zero-order chi connectivity index (χ0) is 12.2. The van der Waals surface area contributed by atoms with Crippen molar-refractivity contribution in [2.24, 2.45) is 17.4 Å². The van der Waals surface area contributed by atoms with Crippen LogP contribution in [0.4, 0.5) is 0 Å². The van der Waals surface area contributed by atoms with Gasteiger partial charge in [-0.25, -0.2) is 0 Å². The summed E-state index contributed by atoms with van der Waals surface area (Å²) in [6, 6.07) is 0. The minimum absolute atomic E-state index is 0.308. The fourth-order valence-electron chi connectivity index (χ4n) is 1.20. The Hall–Kier alpha value is -1.59. The lowest BCUT2D eigenvalue weighted by Crippen LogP contribution is -2.50. The molecule has 0 fully saturated rings. The van der Waals surface area contributed by atoms with Crippen LogP contribution < -0.4 is 11.5 Å². The predicted molar refractivity (Wildman–Crippen MR) is 57.5 cm³/mol. The highest BCUT2D eigenvalue weighted by Crippen LogP contribution is 2.25. The van der Waals surface area contributed by atoms with Gasteiger partial charge in [0.1, 0.15) is 5.92 Å². The van der Waals surface area contributed by atoms with E-state index < -0.39 is 17.6 Å². The lowest BCUT2D eigenvalue weighted by molar-refractivity contribution is -0.146. The largest absolute Gasteiger partial charge is 0.481 e. The molecule has 0 saturated heterocycles. The van der Waals surface area contributed by atoms with Gasteiger partial charge in [0.05, 0.1) is 0 Å². The molecule has 84 valence electrons. The first-order chi connectivity index (χ1) is 6.84. The molecule has 5 nitrogen and oxygen atoms in total. The van der Waals surface area contributed by atoms with E-state index in [1.807, 2.05) is 0 Å². The Morgan fingerprint density at radius 3 is 2.47 bits per heavy atom. The number of allylic oxidation sites excluding steroid dienone is 1. The summed E-state index contributed by atoms with van der Waals surface area (Å²) < 4.78 is 0. The van der Waals surface area contributed by atoms with Gasteiger partial charge in [-0.1, -0.05) is 6.08 Å².